The maximum atomic E-state index is 5.52. The fourth-order valence-electron chi connectivity index (χ4n) is 4.63. The second kappa shape index (κ2) is 10.0. The van der Waals surface area contributed by atoms with Gasteiger partial charge in [0, 0.05) is 0 Å². The van der Waals surface area contributed by atoms with Crippen LogP contribution in [0.4, 0.5) is 0 Å². The molecular formula is C29H35O2. The molecule has 0 N–H and O–H groups in total. The largest absolute Gasteiger partial charge is 0.496 e. The zero-order chi connectivity index (χ0) is 22.5. The first-order valence-corrected chi connectivity index (χ1v) is 11.4. The summed E-state index contributed by atoms with van der Waals surface area (Å²) in [6.45, 7) is 11.0. The van der Waals surface area contributed by atoms with Crippen molar-refractivity contribution in [3.05, 3.63) is 70.3 Å². The van der Waals surface area contributed by atoms with Gasteiger partial charge in [-0.25, -0.2) is 0 Å². The number of methoxy groups -OCH3 is 2. The number of aryl methyl sites for hydroxylation is 3. The Morgan fingerprint density at radius 3 is 1.77 bits per heavy atom. The maximum Gasteiger partial charge on any atom is 0.121 e. The van der Waals surface area contributed by atoms with Gasteiger partial charge in [0.25, 0.3) is 0 Å². The molecule has 0 aliphatic carbocycles. The smallest absolute Gasteiger partial charge is 0.121 e. The van der Waals surface area contributed by atoms with E-state index in [1.807, 2.05) is 0 Å². The standard InChI is InChI=1S/C29H35O2/c1-8-11-21-18-26(22-12-14-27(30-6)19(4)16-22)25(10-3)29(24(21)9-2)23-13-15-28(31-7)20(5)17-23/h12-17H,8-11H2,1-7H3. The van der Waals surface area contributed by atoms with Gasteiger partial charge in [-0.15, -0.1) is 0 Å². The lowest BCUT2D eigenvalue weighted by molar-refractivity contribution is 0.411. The number of rotatable bonds is 8. The summed E-state index contributed by atoms with van der Waals surface area (Å²) < 4.78 is 11.0. The van der Waals surface area contributed by atoms with Crippen LogP contribution in [0.1, 0.15) is 55.0 Å². The molecule has 3 aromatic carbocycles. The predicted octanol–water partition coefficient (Wildman–Crippen LogP) is 7.53. The molecular weight excluding hydrogens is 380 g/mol. The maximum absolute atomic E-state index is 5.52. The topological polar surface area (TPSA) is 18.5 Å². The van der Waals surface area contributed by atoms with Crippen molar-refractivity contribution in [3.63, 3.8) is 0 Å². The highest BCUT2D eigenvalue weighted by molar-refractivity contribution is 5.83. The number of hydrogen-bond acceptors (Lipinski definition) is 2. The van der Waals surface area contributed by atoms with Crippen molar-refractivity contribution in [2.75, 3.05) is 14.2 Å². The SMILES string of the molecule is CCCc1[c]c(-c2ccc(OC)c(C)c2)c(CC)c(-c2ccc(OC)c(C)c2)c1CC. The van der Waals surface area contributed by atoms with Crippen molar-refractivity contribution < 1.29 is 9.47 Å². The van der Waals surface area contributed by atoms with Gasteiger partial charge >= 0.3 is 0 Å². The number of ether oxygens (including phenoxy) is 2. The molecule has 3 rings (SSSR count). The Kier molecular flexibility index (Phi) is 7.43. The molecule has 0 aromatic heterocycles. The van der Waals surface area contributed by atoms with Crippen LogP contribution in [0.2, 0.25) is 0 Å². The molecule has 2 nitrogen and oxygen atoms in total. The van der Waals surface area contributed by atoms with Gasteiger partial charge in [-0.05, 0) is 114 Å². The lowest BCUT2D eigenvalue weighted by atomic mass is 9.82. The van der Waals surface area contributed by atoms with Crippen LogP contribution in [-0.4, -0.2) is 14.2 Å². The minimum Gasteiger partial charge on any atom is -0.496 e. The van der Waals surface area contributed by atoms with E-state index in [9.17, 15) is 0 Å². The summed E-state index contributed by atoms with van der Waals surface area (Å²) >= 11 is 0. The molecule has 3 aromatic rings. The van der Waals surface area contributed by atoms with E-state index in [1.54, 1.807) is 14.2 Å². The summed E-state index contributed by atoms with van der Waals surface area (Å²) in [5, 5.41) is 0. The Bertz CT molecular complexity index is 1060. The van der Waals surface area contributed by atoms with E-state index < -0.39 is 0 Å². The molecule has 31 heavy (non-hydrogen) atoms. The molecule has 1 radical (unpaired) electrons. The first kappa shape index (κ1) is 22.9. The Labute approximate surface area is 188 Å². The second-order valence-electron chi connectivity index (χ2n) is 8.14. The van der Waals surface area contributed by atoms with Crippen molar-refractivity contribution >= 4 is 0 Å². The highest BCUT2D eigenvalue weighted by Gasteiger charge is 2.20. The van der Waals surface area contributed by atoms with E-state index in [2.05, 4.69) is 77.1 Å². The van der Waals surface area contributed by atoms with Crippen LogP contribution in [0.15, 0.2) is 36.4 Å². The molecule has 0 amide bonds. The lowest BCUT2D eigenvalue weighted by Crippen LogP contribution is -2.04. The highest BCUT2D eigenvalue weighted by Crippen LogP contribution is 2.40. The summed E-state index contributed by atoms with van der Waals surface area (Å²) in [6, 6.07) is 16.9. The van der Waals surface area contributed by atoms with E-state index >= 15 is 0 Å². The number of benzene rings is 3. The quantitative estimate of drug-likeness (QED) is 0.378. The van der Waals surface area contributed by atoms with Gasteiger partial charge in [-0.2, -0.15) is 0 Å². The summed E-state index contributed by atoms with van der Waals surface area (Å²) in [5.74, 6) is 1.86. The van der Waals surface area contributed by atoms with Gasteiger partial charge in [0.15, 0.2) is 0 Å². The highest BCUT2D eigenvalue weighted by atomic mass is 16.5. The average molecular weight is 416 g/mol. The molecule has 0 aliphatic rings. The van der Waals surface area contributed by atoms with Gasteiger partial charge in [0.2, 0.25) is 0 Å². The summed E-state index contributed by atoms with van der Waals surface area (Å²) in [6.07, 6.45) is 4.10. The first-order valence-electron chi connectivity index (χ1n) is 11.4. The Morgan fingerprint density at radius 1 is 0.742 bits per heavy atom. The molecule has 0 spiro atoms. The monoisotopic (exact) mass is 415 g/mol. The van der Waals surface area contributed by atoms with Gasteiger partial charge in [-0.1, -0.05) is 39.3 Å². The molecule has 0 atom stereocenters. The van der Waals surface area contributed by atoms with Crippen molar-refractivity contribution in [3.8, 4) is 33.8 Å². The van der Waals surface area contributed by atoms with E-state index in [4.69, 9.17) is 9.47 Å². The van der Waals surface area contributed by atoms with E-state index in [0.29, 0.717) is 0 Å². The molecule has 0 heterocycles. The van der Waals surface area contributed by atoms with Crippen LogP contribution < -0.4 is 9.47 Å². The third-order valence-electron chi connectivity index (χ3n) is 6.12. The van der Waals surface area contributed by atoms with Crippen molar-refractivity contribution in [1.29, 1.82) is 0 Å². The molecule has 0 unspecified atom stereocenters. The fraction of sp³-hybridized carbons (Fsp3) is 0.379. The van der Waals surface area contributed by atoms with Gasteiger partial charge in [0.1, 0.15) is 11.5 Å². The molecule has 0 fully saturated rings. The zero-order valence-corrected chi connectivity index (χ0v) is 20.1. The molecule has 0 aliphatic heterocycles. The van der Waals surface area contributed by atoms with Gasteiger partial charge < -0.3 is 9.47 Å². The number of hydrogen-bond donors (Lipinski definition) is 0. The van der Waals surface area contributed by atoms with E-state index in [0.717, 1.165) is 48.3 Å². The average Bonchev–Trinajstić information content (AvgIpc) is 2.78. The van der Waals surface area contributed by atoms with Crippen molar-refractivity contribution in [2.24, 2.45) is 0 Å². The van der Waals surface area contributed by atoms with Crippen LogP contribution in [-0.2, 0) is 19.3 Å². The minimum absolute atomic E-state index is 0.923. The fourth-order valence-corrected chi connectivity index (χ4v) is 4.63. The zero-order valence-electron chi connectivity index (χ0n) is 20.1. The summed E-state index contributed by atoms with van der Waals surface area (Å²) in [7, 11) is 3.46. The molecule has 163 valence electrons. The Hall–Kier alpha value is -2.74. The molecule has 0 saturated heterocycles. The van der Waals surface area contributed by atoms with Crippen LogP contribution in [0.25, 0.3) is 22.3 Å². The van der Waals surface area contributed by atoms with Crippen LogP contribution in [0, 0.1) is 19.9 Å². The third kappa shape index (κ3) is 4.49. The normalized spacial score (nSPS) is 10.9. The van der Waals surface area contributed by atoms with E-state index in [1.165, 1.54) is 38.9 Å². The molecule has 0 saturated carbocycles. The second-order valence-corrected chi connectivity index (χ2v) is 8.14. The van der Waals surface area contributed by atoms with Gasteiger partial charge in [-0.3, -0.25) is 0 Å². The van der Waals surface area contributed by atoms with Gasteiger partial charge in [0.05, 0.1) is 14.2 Å². The lowest BCUT2D eigenvalue weighted by Gasteiger charge is -2.23. The van der Waals surface area contributed by atoms with Crippen molar-refractivity contribution in [2.45, 2.75) is 60.3 Å². The summed E-state index contributed by atoms with van der Waals surface area (Å²) in [5.41, 5.74) is 11.5. The molecule has 0 bridgehead atoms. The van der Waals surface area contributed by atoms with Crippen LogP contribution in [0.5, 0.6) is 11.5 Å². The Morgan fingerprint density at radius 2 is 1.29 bits per heavy atom. The van der Waals surface area contributed by atoms with Crippen LogP contribution >= 0.6 is 0 Å². The first-order chi connectivity index (χ1) is 15.0. The summed E-state index contributed by atoms with van der Waals surface area (Å²) in [4.78, 5) is 0. The predicted molar refractivity (Wildman–Crippen MR) is 131 cm³/mol. The minimum atomic E-state index is 0.923. The van der Waals surface area contributed by atoms with Crippen molar-refractivity contribution in [1.82, 2.24) is 0 Å². The molecule has 2 heteroatoms. The third-order valence-corrected chi connectivity index (χ3v) is 6.12. The Balaban J connectivity index is 2.35. The van der Waals surface area contributed by atoms with Crippen LogP contribution in [0.3, 0.4) is 0 Å². The van der Waals surface area contributed by atoms with E-state index in [-0.39, 0.29) is 0 Å².